The van der Waals surface area contributed by atoms with Crippen LogP contribution in [0.5, 0.6) is 5.75 Å². The summed E-state index contributed by atoms with van der Waals surface area (Å²) in [5, 5.41) is 2.51. The molecule has 100 valence electrons. The third-order valence-corrected chi connectivity index (χ3v) is 3.14. The number of carbonyl (C=O) groups is 1. The van der Waals surface area contributed by atoms with E-state index in [-0.39, 0.29) is 23.5 Å². The fourth-order valence-electron chi connectivity index (χ4n) is 1.23. The summed E-state index contributed by atoms with van der Waals surface area (Å²) in [6.45, 7) is 3.63. The lowest BCUT2D eigenvalue weighted by molar-refractivity contribution is -0.118. The van der Waals surface area contributed by atoms with Crippen LogP contribution in [0, 0.1) is 5.82 Å². The van der Waals surface area contributed by atoms with Gasteiger partial charge in [-0.05, 0) is 19.9 Å². The van der Waals surface area contributed by atoms with Crippen LogP contribution in [0.3, 0.4) is 0 Å². The molecule has 0 aliphatic rings. The quantitative estimate of drug-likeness (QED) is 0.636. The fraction of sp³-hybridized carbons (Fsp3) is 0.417. The van der Waals surface area contributed by atoms with Crippen LogP contribution in [0.2, 0.25) is 0 Å². The number of hydrogen-bond acceptors (Lipinski definition) is 4. The van der Waals surface area contributed by atoms with Gasteiger partial charge >= 0.3 is 0 Å². The van der Waals surface area contributed by atoms with E-state index in [1.165, 1.54) is 23.9 Å². The van der Waals surface area contributed by atoms with E-state index in [2.05, 4.69) is 5.32 Å². The molecule has 6 heteroatoms. The first-order valence-electron chi connectivity index (χ1n) is 5.53. The summed E-state index contributed by atoms with van der Waals surface area (Å²) in [5.74, 6) is -0.230. The average Bonchev–Trinajstić information content (AvgIpc) is 2.30. The molecule has 1 aromatic carbocycles. The van der Waals surface area contributed by atoms with E-state index >= 15 is 0 Å². The van der Waals surface area contributed by atoms with Crippen LogP contribution in [0.1, 0.15) is 13.8 Å². The van der Waals surface area contributed by atoms with Crippen molar-refractivity contribution in [3.63, 3.8) is 0 Å². The highest BCUT2D eigenvalue weighted by Crippen LogP contribution is 2.32. The molecule has 1 rings (SSSR count). The van der Waals surface area contributed by atoms with Gasteiger partial charge in [0, 0.05) is 23.7 Å². The average molecular weight is 272 g/mol. The number of anilines is 1. The second-order valence-electron chi connectivity index (χ2n) is 3.95. The van der Waals surface area contributed by atoms with Crippen LogP contribution in [0.15, 0.2) is 17.0 Å². The zero-order chi connectivity index (χ0) is 13.7. The van der Waals surface area contributed by atoms with Crippen LogP contribution < -0.4 is 15.8 Å². The Hall–Kier alpha value is -1.43. The number of hydrogen-bond donors (Lipinski definition) is 2. The maximum atomic E-state index is 13.6. The fourth-order valence-corrected chi connectivity index (χ4v) is 2.08. The standard InChI is InChI=1S/C12H17FN2O2S/c1-7(2)17-10-5-11(9(14)4-8(10)13)18-6-12(16)15-3/h4-5,7H,6,14H2,1-3H3,(H,15,16). The first kappa shape index (κ1) is 14.6. The first-order valence-corrected chi connectivity index (χ1v) is 6.51. The highest BCUT2D eigenvalue weighted by Gasteiger charge is 2.12. The van der Waals surface area contributed by atoms with Gasteiger partial charge < -0.3 is 15.8 Å². The van der Waals surface area contributed by atoms with Gasteiger partial charge in [-0.3, -0.25) is 4.79 Å². The molecule has 0 atom stereocenters. The molecule has 0 radical (unpaired) electrons. The molecule has 3 N–H and O–H groups in total. The highest BCUT2D eigenvalue weighted by atomic mass is 32.2. The van der Waals surface area contributed by atoms with Gasteiger partial charge in [0.25, 0.3) is 0 Å². The number of carbonyl (C=O) groups excluding carboxylic acids is 1. The molecular formula is C12H17FN2O2S. The predicted molar refractivity (Wildman–Crippen MR) is 71.4 cm³/mol. The van der Waals surface area contributed by atoms with Gasteiger partial charge in [0.1, 0.15) is 0 Å². The summed E-state index contributed by atoms with van der Waals surface area (Å²) < 4.78 is 18.9. The van der Waals surface area contributed by atoms with E-state index in [4.69, 9.17) is 10.5 Å². The van der Waals surface area contributed by atoms with E-state index in [0.29, 0.717) is 10.6 Å². The van der Waals surface area contributed by atoms with Crippen molar-refractivity contribution in [2.24, 2.45) is 0 Å². The smallest absolute Gasteiger partial charge is 0.230 e. The summed E-state index contributed by atoms with van der Waals surface area (Å²) >= 11 is 1.25. The topological polar surface area (TPSA) is 64.3 Å². The van der Waals surface area contributed by atoms with Gasteiger partial charge in [-0.1, -0.05) is 0 Å². The Balaban J connectivity index is 2.87. The second kappa shape index (κ2) is 6.49. The lowest BCUT2D eigenvalue weighted by Crippen LogP contribution is -2.19. The molecule has 18 heavy (non-hydrogen) atoms. The van der Waals surface area contributed by atoms with Crippen molar-refractivity contribution in [1.29, 1.82) is 0 Å². The van der Waals surface area contributed by atoms with Crippen molar-refractivity contribution >= 4 is 23.4 Å². The summed E-state index contributed by atoms with van der Waals surface area (Å²) in [5.41, 5.74) is 6.00. The number of thioether (sulfide) groups is 1. The first-order chi connectivity index (χ1) is 8.43. The van der Waals surface area contributed by atoms with Crippen molar-refractivity contribution in [3.05, 3.63) is 17.9 Å². The molecular weight excluding hydrogens is 255 g/mol. The normalized spacial score (nSPS) is 10.5. The Labute approximate surface area is 110 Å². The third-order valence-electron chi connectivity index (χ3n) is 2.06. The monoisotopic (exact) mass is 272 g/mol. The van der Waals surface area contributed by atoms with Gasteiger partial charge in [0.2, 0.25) is 5.91 Å². The molecule has 0 unspecified atom stereocenters. The Bertz CT molecular complexity index is 438. The Morgan fingerprint density at radius 2 is 2.22 bits per heavy atom. The van der Waals surface area contributed by atoms with Crippen molar-refractivity contribution in [2.75, 3.05) is 18.5 Å². The molecule has 0 aliphatic carbocycles. The lowest BCUT2D eigenvalue weighted by atomic mass is 10.3. The van der Waals surface area contributed by atoms with Gasteiger partial charge in [-0.15, -0.1) is 11.8 Å². The predicted octanol–water partition coefficient (Wildman–Crippen LogP) is 2.03. The van der Waals surface area contributed by atoms with Gasteiger partial charge in [0.05, 0.1) is 11.9 Å². The molecule has 0 saturated carbocycles. The van der Waals surface area contributed by atoms with Crippen LogP contribution in [0.4, 0.5) is 10.1 Å². The summed E-state index contributed by atoms with van der Waals surface area (Å²) in [6, 6.07) is 2.74. The number of rotatable bonds is 5. The van der Waals surface area contributed by atoms with Crippen LogP contribution in [-0.4, -0.2) is 24.8 Å². The minimum atomic E-state index is -0.495. The van der Waals surface area contributed by atoms with E-state index in [1.807, 2.05) is 13.8 Å². The van der Waals surface area contributed by atoms with Crippen molar-refractivity contribution in [3.8, 4) is 5.75 Å². The number of benzene rings is 1. The van der Waals surface area contributed by atoms with Crippen LogP contribution >= 0.6 is 11.8 Å². The number of amides is 1. The van der Waals surface area contributed by atoms with E-state index in [9.17, 15) is 9.18 Å². The maximum Gasteiger partial charge on any atom is 0.230 e. The van der Waals surface area contributed by atoms with E-state index in [0.717, 1.165) is 0 Å². The summed E-state index contributed by atoms with van der Waals surface area (Å²) in [7, 11) is 1.56. The van der Waals surface area contributed by atoms with Crippen LogP contribution in [0.25, 0.3) is 0 Å². The van der Waals surface area contributed by atoms with Crippen molar-refractivity contribution < 1.29 is 13.9 Å². The molecule has 0 spiro atoms. The molecule has 4 nitrogen and oxygen atoms in total. The largest absolute Gasteiger partial charge is 0.488 e. The zero-order valence-electron chi connectivity index (χ0n) is 10.6. The molecule has 0 fully saturated rings. The molecule has 0 heterocycles. The third kappa shape index (κ3) is 4.10. The number of ether oxygens (including phenoxy) is 1. The van der Waals surface area contributed by atoms with Gasteiger partial charge in [-0.2, -0.15) is 0 Å². The molecule has 0 aromatic heterocycles. The van der Waals surface area contributed by atoms with Crippen molar-refractivity contribution in [2.45, 2.75) is 24.8 Å². The summed E-state index contributed by atoms with van der Waals surface area (Å²) in [4.78, 5) is 11.8. The van der Waals surface area contributed by atoms with Gasteiger partial charge in [-0.25, -0.2) is 4.39 Å². The zero-order valence-corrected chi connectivity index (χ0v) is 11.4. The minimum Gasteiger partial charge on any atom is -0.488 e. The molecule has 1 amide bonds. The maximum absolute atomic E-state index is 13.6. The number of nitrogens with one attached hydrogen (secondary N) is 1. The summed E-state index contributed by atoms with van der Waals surface area (Å²) in [6.07, 6.45) is -0.125. The number of nitrogens with two attached hydrogens (primary N) is 1. The Kier molecular flexibility index (Phi) is 5.27. The molecule has 0 aliphatic heterocycles. The Morgan fingerprint density at radius 3 is 2.78 bits per heavy atom. The number of nitrogen functional groups attached to an aromatic ring is 1. The van der Waals surface area contributed by atoms with Gasteiger partial charge in [0.15, 0.2) is 11.6 Å². The molecule has 1 aromatic rings. The highest BCUT2D eigenvalue weighted by molar-refractivity contribution is 8.00. The molecule has 0 saturated heterocycles. The van der Waals surface area contributed by atoms with E-state index in [1.54, 1.807) is 7.05 Å². The van der Waals surface area contributed by atoms with Crippen LogP contribution in [-0.2, 0) is 4.79 Å². The second-order valence-corrected chi connectivity index (χ2v) is 4.97. The minimum absolute atomic E-state index is 0.116. The Morgan fingerprint density at radius 1 is 1.56 bits per heavy atom. The number of halogens is 1. The van der Waals surface area contributed by atoms with E-state index < -0.39 is 5.82 Å². The van der Waals surface area contributed by atoms with Crippen molar-refractivity contribution in [1.82, 2.24) is 5.32 Å². The molecule has 0 bridgehead atoms. The lowest BCUT2D eigenvalue weighted by Gasteiger charge is -2.13. The SMILES string of the molecule is CNC(=O)CSc1cc(OC(C)C)c(F)cc1N.